The van der Waals surface area contributed by atoms with Gasteiger partial charge in [0.2, 0.25) is 0 Å². The molecule has 7 nitrogen and oxygen atoms in total. The van der Waals surface area contributed by atoms with Crippen molar-refractivity contribution in [1.82, 2.24) is 20.4 Å². The largest absolute Gasteiger partial charge is 0.445 e. The molecule has 0 bridgehead atoms. The average molecular weight is 312 g/mol. The normalized spacial score (nSPS) is 12.0. The summed E-state index contributed by atoms with van der Waals surface area (Å²) in [6.45, 7) is 5.31. The molecule has 0 saturated heterocycles. The molecule has 8 heteroatoms. The fourth-order valence-electron chi connectivity index (χ4n) is 1.53. The van der Waals surface area contributed by atoms with Gasteiger partial charge in [-0.3, -0.25) is 9.48 Å². The van der Waals surface area contributed by atoms with Crippen LogP contribution in [0.3, 0.4) is 0 Å². The summed E-state index contributed by atoms with van der Waals surface area (Å²) in [6, 6.07) is 0. The highest BCUT2D eigenvalue weighted by Crippen LogP contribution is 2.05. The molecule has 0 aliphatic heterocycles. The van der Waals surface area contributed by atoms with Gasteiger partial charge >= 0.3 is 6.09 Å². The summed E-state index contributed by atoms with van der Waals surface area (Å²) in [4.78, 5) is 22.9. The highest BCUT2D eigenvalue weighted by Gasteiger charge is 2.15. The number of aromatic nitrogens is 2. The maximum atomic E-state index is 12.9. The molecule has 1 heterocycles. The summed E-state index contributed by atoms with van der Waals surface area (Å²) in [7, 11) is 1.51. The van der Waals surface area contributed by atoms with Crippen LogP contribution in [-0.4, -0.2) is 41.0 Å². The number of carbonyl (C=O) groups is 2. The van der Waals surface area contributed by atoms with Gasteiger partial charge in [0.15, 0.2) is 0 Å². The Bertz CT molecular complexity index is 561. The Morgan fingerprint density at radius 1 is 1.45 bits per heavy atom. The van der Waals surface area contributed by atoms with Crippen LogP contribution in [-0.2, 0) is 11.3 Å². The molecule has 0 fully saturated rings. The minimum atomic E-state index is -0.627. The molecule has 0 atom stereocenters. The molecule has 2 amide bonds. The summed E-state index contributed by atoms with van der Waals surface area (Å²) in [5.41, 5.74) is 0.156. The first-order valence-electron chi connectivity index (χ1n) is 6.73. The lowest BCUT2D eigenvalue weighted by molar-refractivity contribution is 0.0963. The predicted octanol–water partition coefficient (Wildman–Crippen LogP) is 1.62. The first-order chi connectivity index (χ1) is 10.2. The molecule has 1 aromatic heterocycles. The fourth-order valence-corrected chi connectivity index (χ4v) is 1.53. The summed E-state index contributed by atoms with van der Waals surface area (Å²) >= 11 is 0. The van der Waals surface area contributed by atoms with Gasteiger partial charge in [0.1, 0.15) is 6.61 Å². The van der Waals surface area contributed by atoms with Crippen LogP contribution in [0.5, 0.6) is 0 Å². The lowest BCUT2D eigenvalue weighted by Gasteiger charge is -2.20. The summed E-state index contributed by atoms with van der Waals surface area (Å²) in [6.07, 6.45) is 2.60. The van der Waals surface area contributed by atoms with E-state index < -0.39 is 11.6 Å². The average Bonchev–Trinajstić information content (AvgIpc) is 2.89. The van der Waals surface area contributed by atoms with E-state index in [1.54, 1.807) is 0 Å². The van der Waals surface area contributed by atoms with Crippen LogP contribution in [0.1, 0.15) is 31.1 Å². The van der Waals surface area contributed by atoms with Gasteiger partial charge in [-0.15, -0.1) is 0 Å². The highest BCUT2D eigenvalue weighted by molar-refractivity contribution is 5.93. The SMILES string of the molecule is CNC(=O)c1cnn(CC(=CF)COC(=O)NC(C)(C)C)c1. The Labute approximate surface area is 128 Å². The fraction of sp³-hybridized carbons (Fsp3) is 0.500. The van der Waals surface area contributed by atoms with Gasteiger partial charge in [-0.2, -0.15) is 5.10 Å². The number of amides is 2. The Morgan fingerprint density at radius 2 is 2.14 bits per heavy atom. The van der Waals surface area contributed by atoms with Crippen molar-refractivity contribution in [2.24, 2.45) is 0 Å². The van der Waals surface area contributed by atoms with E-state index in [1.807, 2.05) is 20.8 Å². The van der Waals surface area contributed by atoms with E-state index in [1.165, 1.54) is 24.1 Å². The van der Waals surface area contributed by atoms with E-state index in [0.717, 1.165) is 0 Å². The second-order valence-corrected chi connectivity index (χ2v) is 5.72. The molecule has 0 aliphatic rings. The number of alkyl carbamates (subject to hydrolysis) is 1. The zero-order chi connectivity index (χ0) is 16.8. The lowest BCUT2D eigenvalue weighted by Crippen LogP contribution is -2.41. The van der Waals surface area contributed by atoms with Gasteiger partial charge in [0.25, 0.3) is 5.91 Å². The van der Waals surface area contributed by atoms with Gasteiger partial charge in [-0.05, 0) is 20.8 Å². The van der Waals surface area contributed by atoms with Crippen LogP contribution >= 0.6 is 0 Å². The monoisotopic (exact) mass is 312 g/mol. The first-order valence-corrected chi connectivity index (χ1v) is 6.73. The van der Waals surface area contributed by atoms with Crippen LogP contribution in [0.2, 0.25) is 0 Å². The molecule has 1 rings (SSSR count). The topological polar surface area (TPSA) is 85.2 Å². The van der Waals surface area contributed by atoms with Gasteiger partial charge in [0, 0.05) is 24.4 Å². The Balaban J connectivity index is 2.54. The highest BCUT2D eigenvalue weighted by atomic mass is 19.1. The molecule has 0 saturated carbocycles. The number of rotatable bonds is 5. The number of carbonyl (C=O) groups excluding carboxylic acids is 2. The van der Waals surface area contributed by atoms with E-state index in [2.05, 4.69) is 15.7 Å². The van der Waals surface area contributed by atoms with E-state index in [9.17, 15) is 14.0 Å². The standard InChI is InChI=1S/C14H21FN4O3/c1-14(2,3)18-13(21)22-9-10(5-15)7-19-8-11(6-17-19)12(20)16-4/h5-6,8H,7,9H2,1-4H3,(H,16,20)(H,18,21). The molecule has 1 aromatic rings. The number of nitrogens with zero attached hydrogens (tertiary/aromatic N) is 2. The van der Waals surface area contributed by atoms with Crippen molar-refractivity contribution < 1.29 is 18.7 Å². The second-order valence-electron chi connectivity index (χ2n) is 5.72. The van der Waals surface area contributed by atoms with Gasteiger partial charge in [-0.25, -0.2) is 9.18 Å². The van der Waals surface area contributed by atoms with Crippen LogP contribution in [0.4, 0.5) is 9.18 Å². The van der Waals surface area contributed by atoms with Crippen molar-refractivity contribution >= 4 is 12.0 Å². The van der Waals surface area contributed by atoms with Gasteiger partial charge in [0.05, 0.1) is 24.6 Å². The molecule has 2 N–H and O–H groups in total. The molecular formula is C14H21FN4O3. The number of hydrogen-bond donors (Lipinski definition) is 2. The molecule has 122 valence electrons. The Morgan fingerprint density at radius 3 is 2.68 bits per heavy atom. The number of nitrogens with one attached hydrogen (secondary N) is 2. The van der Waals surface area contributed by atoms with E-state index in [-0.39, 0.29) is 24.6 Å². The third-order valence-corrected chi connectivity index (χ3v) is 2.51. The molecular weight excluding hydrogens is 291 g/mol. The van der Waals surface area contributed by atoms with Crippen molar-refractivity contribution in [2.45, 2.75) is 32.9 Å². The van der Waals surface area contributed by atoms with E-state index in [4.69, 9.17) is 4.74 Å². The Kier molecular flexibility index (Phi) is 6.09. The Hall–Kier alpha value is -2.38. The number of halogens is 1. The molecule has 0 aliphatic carbocycles. The summed E-state index contributed by atoms with van der Waals surface area (Å²) in [5, 5.41) is 9.02. The number of hydrogen-bond acceptors (Lipinski definition) is 4. The quantitative estimate of drug-likeness (QED) is 0.865. The van der Waals surface area contributed by atoms with Crippen LogP contribution in [0, 0.1) is 0 Å². The summed E-state index contributed by atoms with van der Waals surface area (Å²) in [5.74, 6) is -0.280. The van der Waals surface area contributed by atoms with Crippen molar-refractivity contribution in [3.8, 4) is 0 Å². The van der Waals surface area contributed by atoms with Crippen molar-refractivity contribution in [1.29, 1.82) is 0 Å². The van der Waals surface area contributed by atoms with E-state index >= 15 is 0 Å². The van der Waals surface area contributed by atoms with Gasteiger partial charge in [-0.1, -0.05) is 0 Å². The third kappa shape index (κ3) is 5.94. The van der Waals surface area contributed by atoms with Crippen molar-refractivity contribution in [3.63, 3.8) is 0 Å². The maximum Gasteiger partial charge on any atom is 0.407 e. The van der Waals surface area contributed by atoms with Crippen molar-refractivity contribution in [3.05, 3.63) is 29.9 Å². The van der Waals surface area contributed by atoms with E-state index in [0.29, 0.717) is 11.9 Å². The third-order valence-electron chi connectivity index (χ3n) is 2.51. The second kappa shape index (κ2) is 7.58. The zero-order valence-corrected chi connectivity index (χ0v) is 13.1. The van der Waals surface area contributed by atoms with Crippen molar-refractivity contribution in [2.75, 3.05) is 13.7 Å². The van der Waals surface area contributed by atoms with Crippen LogP contribution < -0.4 is 10.6 Å². The maximum absolute atomic E-state index is 12.9. The molecule has 0 unspecified atom stereocenters. The number of ether oxygens (including phenoxy) is 1. The minimum absolute atomic E-state index is 0.0797. The lowest BCUT2D eigenvalue weighted by atomic mass is 10.1. The first kappa shape index (κ1) is 17.7. The van der Waals surface area contributed by atoms with Gasteiger partial charge < -0.3 is 15.4 Å². The predicted molar refractivity (Wildman–Crippen MR) is 79.0 cm³/mol. The van der Waals surface area contributed by atoms with Crippen LogP contribution in [0.25, 0.3) is 0 Å². The molecule has 22 heavy (non-hydrogen) atoms. The molecule has 0 aromatic carbocycles. The smallest absolute Gasteiger partial charge is 0.407 e. The minimum Gasteiger partial charge on any atom is -0.445 e. The molecule has 0 spiro atoms. The molecule has 0 radical (unpaired) electrons. The summed E-state index contributed by atoms with van der Waals surface area (Å²) < 4.78 is 19.2. The van der Waals surface area contributed by atoms with Crippen LogP contribution in [0.15, 0.2) is 24.3 Å². The zero-order valence-electron chi connectivity index (χ0n) is 13.1.